The summed E-state index contributed by atoms with van der Waals surface area (Å²) in [6, 6.07) is 3.28. The second-order valence-electron chi connectivity index (χ2n) is 7.59. The normalized spacial score (nSPS) is 28.4. The summed E-state index contributed by atoms with van der Waals surface area (Å²) in [5, 5.41) is 3.37. The van der Waals surface area contributed by atoms with Gasteiger partial charge < -0.3 is 10.2 Å². The average molecular weight is 384 g/mol. The summed E-state index contributed by atoms with van der Waals surface area (Å²) >= 11 is 1.12. The molecule has 1 aromatic rings. The van der Waals surface area contributed by atoms with E-state index in [0.29, 0.717) is 39.9 Å². The molecule has 3 fully saturated rings. The summed E-state index contributed by atoms with van der Waals surface area (Å²) in [6.07, 6.45) is 1.81. The van der Waals surface area contributed by atoms with Gasteiger partial charge in [0.15, 0.2) is 0 Å². The lowest BCUT2D eigenvalue weighted by Gasteiger charge is -2.28. The van der Waals surface area contributed by atoms with Crippen molar-refractivity contribution in [2.45, 2.75) is 24.0 Å². The van der Waals surface area contributed by atoms with Gasteiger partial charge in [-0.2, -0.15) is 4.31 Å². The monoisotopic (exact) mass is 383 g/mol. The van der Waals surface area contributed by atoms with Gasteiger partial charge in [-0.3, -0.25) is 4.79 Å². The molecular weight excluding hydrogens is 358 g/mol. The number of likely N-dealkylation sites (tertiary alicyclic amines) is 1. The maximum Gasteiger partial charge on any atom is 0.263 e. The third-order valence-electron chi connectivity index (χ3n) is 5.81. The Kier molecular flexibility index (Phi) is 4.64. The molecule has 3 saturated heterocycles. The quantitative estimate of drug-likeness (QED) is 0.858. The Morgan fingerprint density at radius 1 is 1.16 bits per heavy atom. The zero-order chi connectivity index (χ0) is 17.6. The van der Waals surface area contributed by atoms with Gasteiger partial charge in [-0.25, -0.2) is 8.42 Å². The molecule has 8 heteroatoms. The molecule has 6 nitrogen and oxygen atoms in total. The molecular formula is C17H25N3O3S2. The fourth-order valence-electron chi connectivity index (χ4n) is 4.10. The van der Waals surface area contributed by atoms with Crippen LogP contribution in [0.5, 0.6) is 0 Å². The van der Waals surface area contributed by atoms with Gasteiger partial charge in [0, 0.05) is 39.3 Å². The topological polar surface area (TPSA) is 69.7 Å². The number of hydrogen-bond acceptors (Lipinski definition) is 5. The van der Waals surface area contributed by atoms with Crippen molar-refractivity contribution in [2.75, 3.05) is 39.3 Å². The van der Waals surface area contributed by atoms with Crippen LogP contribution in [0.2, 0.25) is 0 Å². The van der Waals surface area contributed by atoms with E-state index < -0.39 is 10.0 Å². The van der Waals surface area contributed by atoms with Gasteiger partial charge >= 0.3 is 0 Å². The molecule has 0 radical (unpaired) electrons. The maximum absolute atomic E-state index is 12.8. The highest BCUT2D eigenvalue weighted by Gasteiger charge is 2.39. The molecule has 4 heterocycles. The molecule has 25 heavy (non-hydrogen) atoms. The molecule has 1 N–H and O–H groups in total. The first-order chi connectivity index (χ1) is 11.9. The van der Waals surface area contributed by atoms with Crippen molar-refractivity contribution in [3.8, 4) is 0 Å². The minimum atomic E-state index is -3.47. The SMILES string of the molecule is CC1CCN(S(=O)(=O)c2ccc(C(=O)N3C[C@H]4CNC[C@H]4C3)s2)CC1. The second-order valence-corrected chi connectivity index (χ2v) is 10.8. The molecule has 0 unspecified atom stereocenters. The number of carbonyl (C=O) groups excluding carboxylic acids is 1. The lowest BCUT2D eigenvalue weighted by Crippen LogP contribution is -2.37. The largest absolute Gasteiger partial charge is 0.337 e. The number of rotatable bonds is 3. The fraction of sp³-hybridized carbons (Fsp3) is 0.706. The number of nitrogens with one attached hydrogen (secondary N) is 1. The number of nitrogens with zero attached hydrogens (tertiary/aromatic N) is 2. The lowest BCUT2D eigenvalue weighted by atomic mass is 10.0. The minimum Gasteiger partial charge on any atom is -0.337 e. The van der Waals surface area contributed by atoms with Crippen LogP contribution in [0.4, 0.5) is 0 Å². The van der Waals surface area contributed by atoms with E-state index in [2.05, 4.69) is 12.2 Å². The molecule has 0 aromatic carbocycles. The summed E-state index contributed by atoms with van der Waals surface area (Å²) in [5.74, 6) is 1.65. The van der Waals surface area contributed by atoms with Gasteiger partial charge in [0.2, 0.25) is 0 Å². The number of amides is 1. The highest BCUT2D eigenvalue weighted by molar-refractivity contribution is 7.91. The minimum absolute atomic E-state index is 0.0203. The van der Waals surface area contributed by atoms with Gasteiger partial charge in [0.25, 0.3) is 15.9 Å². The van der Waals surface area contributed by atoms with Crippen LogP contribution in [0, 0.1) is 17.8 Å². The van der Waals surface area contributed by atoms with E-state index in [1.54, 1.807) is 16.4 Å². The van der Waals surface area contributed by atoms with E-state index in [0.717, 1.165) is 50.4 Å². The van der Waals surface area contributed by atoms with Crippen molar-refractivity contribution >= 4 is 27.3 Å². The van der Waals surface area contributed by atoms with Crippen LogP contribution in [-0.4, -0.2) is 62.8 Å². The lowest BCUT2D eigenvalue weighted by molar-refractivity contribution is 0.0786. The fourth-order valence-corrected chi connectivity index (χ4v) is 7.00. The molecule has 1 amide bonds. The van der Waals surface area contributed by atoms with Crippen molar-refractivity contribution in [1.82, 2.24) is 14.5 Å². The number of sulfonamides is 1. The predicted molar refractivity (Wildman–Crippen MR) is 97.2 cm³/mol. The Bertz CT molecular complexity index is 741. The van der Waals surface area contributed by atoms with Crippen LogP contribution < -0.4 is 5.32 Å². The Morgan fingerprint density at radius 2 is 1.80 bits per heavy atom. The van der Waals surface area contributed by atoms with E-state index in [1.165, 1.54) is 0 Å². The van der Waals surface area contributed by atoms with Crippen molar-refractivity contribution in [3.63, 3.8) is 0 Å². The Labute approximate surface area is 153 Å². The third-order valence-corrected chi connectivity index (χ3v) is 9.24. The Balaban J connectivity index is 1.47. The number of fused-ring (bicyclic) bond motifs is 1. The zero-order valence-corrected chi connectivity index (χ0v) is 16.1. The van der Waals surface area contributed by atoms with Gasteiger partial charge in [0.1, 0.15) is 4.21 Å². The number of hydrogen-bond donors (Lipinski definition) is 1. The van der Waals surface area contributed by atoms with E-state index in [4.69, 9.17) is 0 Å². The highest BCUT2D eigenvalue weighted by Crippen LogP contribution is 2.31. The first-order valence-electron chi connectivity index (χ1n) is 9.05. The van der Waals surface area contributed by atoms with Crippen LogP contribution in [0.1, 0.15) is 29.4 Å². The van der Waals surface area contributed by atoms with Crippen LogP contribution in [0.3, 0.4) is 0 Å². The second kappa shape index (κ2) is 6.64. The van der Waals surface area contributed by atoms with E-state index >= 15 is 0 Å². The Morgan fingerprint density at radius 3 is 2.44 bits per heavy atom. The van der Waals surface area contributed by atoms with Gasteiger partial charge in [-0.05, 0) is 42.7 Å². The summed E-state index contributed by atoms with van der Waals surface area (Å²) in [7, 11) is -3.47. The Hall–Kier alpha value is -0.960. The zero-order valence-electron chi connectivity index (χ0n) is 14.5. The summed E-state index contributed by atoms with van der Waals surface area (Å²) in [5.41, 5.74) is 0. The maximum atomic E-state index is 12.8. The number of piperidine rings is 1. The van der Waals surface area contributed by atoms with Crippen LogP contribution in [0.25, 0.3) is 0 Å². The molecule has 4 rings (SSSR count). The van der Waals surface area contributed by atoms with E-state index in [9.17, 15) is 13.2 Å². The first-order valence-corrected chi connectivity index (χ1v) is 11.3. The molecule has 0 spiro atoms. The molecule has 1 aromatic heterocycles. The highest BCUT2D eigenvalue weighted by atomic mass is 32.2. The molecule has 3 aliphatic heterocycles. The van der Waals surface area contributed by atoms with Gasteiger partial charge in [-0.1, -0.05) is 6.92 Å². The average Bonchev–Trinajstić information content (AvgIpc) is 3.30. The van der Waals surface area contributed by atoms with Gasteiger partial charge in [0.05, 0.1) is 4.88 Å². The van der Waals surface area contributed by atoms with Crippen LogP contribution in [0.15, 0.2) is 16.3 Å². The predicted octanol–water partition coefficient (Wildman–Crippen LogP) is 1.46. The molecule has 2 atom stereocenters. The van der Waals surface area contributed by atoms with Crippen molar-refractivity contribution in [3.05, 3.63) is 17.0 Å². The van der Waals surface area contributed by atoms with E-state index in [-0.39, 0.29) is 5.91 Å². The van der Waals surface area contributed by atoms with Gasteiger partial charge in [-0.15, -0.1) is 11.3 Å². The number of carbonyl (C=O) groups is 1. The van der Waals surface area contributed by atoms with Crippen molar-refractivity contribution in [2.24, 2.45) is 17.8 Å². The molecule has 0 aliphatic carbocycles. The van der Waals surface area contributed by atoms with E-state index in [1.807, 2.05) is 4.90 Å². The van der Waals surface area contributed by atoms with Crippen molar-refractivity contribution < 1.29 is 13.2 Å². The van der Waals surface area contributed by atoms with Crippen LogP contribution >= 0.6 is 11.3 Å². The first kappa shape index (κ1) is 17.5. The molecule has 3 aliphatic rings. The summed E-state index contributed by atoms with van der Waals surface area (Å²) < 4.78 is 27.5. The van der Waals surface area contributed by atoms with Crippen LogP contribution in [-0.2, 0) is 10.0 Å². The molecule has 0 saturated carbocycles. The summed E-state index contributed by atoms with van der Waals surface area (Å²) in [4.78, 5) is 15.2. The van der Waals surface area contributed by atoms with Crippen molar-refractivity contribution in [1.29, 1.82) is 0 Å². The standard InChI is InChI=1S/C17H25N3O3S2/c1-12-4-6-20(7-5-12)25(22,23)16-3-2-15(24-16)17(21)19-10-13-8-18-9-14(13)11-19/h2-3,12-14,18H,4-11H2,1H3/t13-,14+. The molecule has 138 valence electrons. The molecule has 0 bridgehead atoms. The summed E-state index contributed by atoms with van der Waals surface area (Å²) in [6.45, 7) is 6.83. The smallest absolute Gasteiger partial charge is 0.263 e. The number of thiophene rings is 1. The third kappa shape index (κ3) is 3.25.